The molecule has 3 aliphatic rings. The van der Waals surface area contributed by atoms with Gasteiger partial charge in [-0.15, -0.1) is 0 Å². The maximum Gasteiger partial charge on any atom is 0.309 e. The van der Waals surface area contributed by atoms with Crippen molar-refractivity contribution >= 4 is 5.97 Å². The number of fused-ring (bicyclic) bond motifs is 1. The number of hydrogen-bond donors (Lipinski definition) is 2. The minimum absolute atomic E-state index is 0.215. The molecule has 2 N–H and O–H groups in total. The Balaban J connectivity index is 1.33. The van der Waals surface area contributed by atoms with E-state index in [0.29, 0.717) is 22.8 Å². The van der Waals surface area contributed by atoms with E-state index in [1.807, 2.05) is 18.2 Å². The Morgan fingerprint density at radius 1 is 1.17 bits per heavy atom. The fourth-order valence-electron chi connectivity index (χ4n) is 6.49. The summed E-state index contributed by atoms with van der Waals surface area (Å²) >= 11 is 0. The Morgan fingerprint density at radius 3 is 2.76 bits per heavy atom. The van der Waals surface area contributed by atoms with Crippen molar-refractivity contribution in [3.05, 3.63) is 76.7 Å². The zero-order chi connectivity index (χ0) is 28.7. The summed E-state index contributed by atoms with van der Waals surface area (Å²) in [7, 11) is 1.53. The van der Waals surface area contributed by atoms with Crippen LogP contribution in [0.15, 0.2) is 48.7 Å². The first-order valence-electron chi connectivity index (χ1n) is 14.6. The number of aliphatic hydroxyl groups is 1. The summed E-state index contributed by atoms with van der Waals surface area (Å²) in [5.74, 6) is -1.33. The Kier molecular flexibility index (Phi) is 7.47. The van der Waals surface area contributed by atoms with Crippen LogP contribution in [0.4, 0.5) is 4.39 Å². The maximum absolute atomic E-state index is 15.1. The maximum atomic E-state index is 15.1. The molecule has 216 valence electrons. The third-order valence-corrected chi connectivity index (χ3v) is 9.25. The first kappa shape index (κ1) is 27.7. The lowest BCUT2D eigenvalue weighted by molar-refractivity contribution is -0.145. The van der Waals surface area contributed by atoms with E-state index in [0.717, 1.165) is 48.2 Å². The van der Waals surface area contributed by atoms with Crippen LogP contribution in [-0.2, 0) is 17.8 Å². The third-order valence-electron chi connectivity index (χ3n) is 9.25. The molecule has 2 aromatic carbocycles. The van der Waals surface area contributed by atoms with Gasteiger partial charge in [0, 0.05) is 23.7 Å². The number of aromatic nitrogens is 1. The van der Waals surface area contributed by atoms with E-state index < -0.39 is 18.0 Å². The Labute approximate surface area is 239 Å². The predicted molar refractivity (Wildman–Crippen MR) is 152 cm³/mol. The van der Waals surface area contributed by atoms with Gasteiger partial charge in [-0.1, -0.05) is 36.8 Å². The molecule has 1 aromatic heterocycles. The van der Waals surface area contributed by atoms with Crippen molar-refractivity contribution in [2.45, 2.75) is 76.2 Å². The first-order valence-corrected chi connectivity index (χ1v) is 14.6. The average Bonchev–Trinajstić information content (AvgIpc) is 3.77. The van der Waals surface area contributed by atoms with Gasteiger partial charge < -0.3 is 19.7 Å². The number of likely N-dealkylation sites (tertiary alicyclic amines) is 1. The van der Waals surface area contributed by atoms with Crippen molar-refractivity contribution in [3.8, 4) is 22.8 Å². The molecule has 1 spiro atoms. The van der Waals surface area contributed by atoms with Crippen LogP contribution in [0.25, 0.3) is 11.1 Å². The molecule has 1 aliphatic carbocycles. The second kappa shape index (κ2) is 11.1. The summed E-state index contributed by atoms with van der Waals surface area (Å²) in [6, 6.07) is 13.3. The predicted octanol–water partition coefficient (Wildman–Crippen LogP) is 6.24. The number of nitrogens with zero attached hydrogens (tertiary/aromatic N) is 2. The largest absolute Gasteiger partial charge is 0.485 e. The minimum Gasteiger partial charge on any atom is -0.485 e. The van der Waals surface area contributed by atoms with E-state index >= 15 is 4.39 Å². The van der Waals surface area contributed by atoms with Gasteiger partial charge in [0.25, 0.3) is 0 Å². The number of aryl methyl sites for hydroxylation is 1. The van der Waals surface area contributed by atoms with Crippen LogP contribution in [0.2, 0.25) is 0 Å². The highest BCUT2D eigenvalue weighted by Crippen LogP contribution is 2.49. The molecule has 0 amide bonds. The monoisotopic (exact) mass is 560 g/mol. The number of halogens is 1. The SMILES string of the molecule is COc1cc(-c2ccc([C@@H]3CCc4ccc([C@H](O)[C@H](C)C(=O)O)cc4O3)cc2CN2CCCCC23CC3)c(F)cn1. The van der Waals surface area contributed by atoms with Crippen molar-refractivity contribution in [1.29, 1.82) is 0 Å². The van der Waals surface area contributed by atoms with Crippen LogP contribution in [0.1, 0.15) is 79.9 Å². The van der Waals surface area contributed by atoms with Gasteiger partial charge in [-0.3, -0.25) is 9.69 Å². The zero-order valence-electron chi connectivity index (χ0n) is 23.6. The van der Waals surface area contributed by atoms with Crippen molar-refractivity contribution in [1.82, 2.24) is 9.88 Å². The summed E-state index contributed by atoms with van der Waals surface area (Å²) in [6.07, 6.45) is 7.55. The number of ether oxygens (including phenoxy) is 2. The summed E-state index contributed by atoms with van der Waals surface area (Å²) in [6.45, 7) is 3.27. The van der Waals surface area contributed by atoms with Crippen molar-refractivity contribution in [3.63, 3.8) is 0 Å². The van der Waals surface area contributed by atoms with E-state index in [4.69, 9.17) is 9.47 Å². The van der Waals surface area contributed by atoms with Gasteiger partial charge in [0.2, 0.25) is 5.88 Å². The quantitative estimate of drug-likeness (QED) is 0.337. The van der Waals surface area contributed by atoms with Gasteiger partial charge >= 0.3 is 5.97 Å². The molecule has 7 nitrogen and oxygen atoms in total. The smallest absolute Gasteiger partial charge is 0.309 e. The van der Waals surface area contributed by atoms with E-state index in [1.165, 1.54) is 52.3 Å². The molecule has 6 rings (SSSR count). The van der Waals surface area contributed by atoms with E-state index in [-0.39, 0.29) is 17.5 Å². The number of carboxylic acid groups (broad SMARTS) is 1. The zero-order valence-corrected chi connectivity index (χ0v) is 23.6. The first-order chi connectivity index (χ1) is 19.8. The number of carbonyl (C=O) groups is 1. The number of methoxy groups -OCH3 is 1. The fraction of sp³-hybridized carbons (Fsp3) is 0.455. The van der Waals surface area contributed by atoms with Crippen molar-refractivity contribution < 1.29 is 28.9 Å². The molecule has 1 saturated carbocycles. The van der Waals surface area contributed by atoms with Crippen LogP contribution in [0, 0.1) is 11.7 Å². The Bertz CT molecular complexity index is 1460. The van der Waals surface area contributed by atoms with Gasteiger partial charge in [-0.2, -0.15) is 0 Å². The summed E-state index contributed by atoms with van der Waals surface area (Å²) in [5, 5.41) is 19.9. The lowest BCUT2D eigenvalue weighted by Crippen LogP contribution is -2.40. The van der Waals surface area contributed by atoms with Crippen LogP contribution >= 0.6 is 0 Å². The van der Waals surface area contributed by atoms with E-state index in [1.54, 1.807) is 18.2 Å². The molecule has 41 heavy (non-hydrogen) atoms. The van der Waals surface area contributed by atoms with E-state index in [9.17, 15) is 15.0 Å². The van der Waals surface area contributed by atoms with Crippen LogP contribution in [0.3, 0.4) is 0 Å². The molecule has 2 fully saturated rings. The molecule has 0 unspecified atom stereocenters. The van der Waals surface area contributed by atoms with Crippen LogP contribution < -0.4 is 9.47 Å². The van der Waals surface area contributed by atoms with Gasteiger partial charge in [0.1, 0.15) is 17.7 Å². The fourth-order valence-corrected chi connectivity index (χ4v) is 6.49. The highest BCUT2D eigenvalue weighted by Gasteiger charge is 2.48. The van der Waals surface area contributed by atoms with Crippen LogP contribution in [-0.4, -0.2) is 45.3 Å². The van der Waals surface area contributed by atoms with Gasteiger partial charge in [-0.05, 0) is 85.9 Å². The number of hydrogen-bond acceptors (Lipinski definition) is 6. The molecule has 3 aromatic rings. The standard InChI is InChI=1S/C33H37FN2O5/c1-20(32(38)39)31(37)23-6-5-21-8-10-28(41-29(21)16-23)22-7-9-25(26-17-30(40-2)35-18-27(26)34)24(15-22)19-36-14-4-3-11-33(36)12-13-33/h5-7,9,15-18,20,28,31,37H,3-4,8,10-14,19H2,1-2H3,(H,38,39)/t20-,28-,31+/m0/s1. The lowest BCUT2D eigenvalue weighted by Gasteiger charge is -2.37. The number of rotatable bonds is 8. The molecular weight excluding hydrogens is 523 g/mol. The van der Waals surface area contributed by atoms with Gasteiger partial charge in [0.15, 0.2) is 0 Å². The molecule has 0 bridgehead atoms. The normalized spacial score (nSPS) is 21.0. The highest BCUT2D eigenvalue weighted by atomic mass is 19.1. The number of aliphatic carboxylic acids is 1. The number of aliphatic hydroxyl groups excluding tert-OH is 1. The summed E-state index contributed by atoms with van der Waals surface area (Å²) in [4.78, 5) is 18.0. The molecule has 1 saturated heterocycles. The average molecular weight is 561 g/mol. The summed E-state index contributed by atoms with van der Waals surface area (Å²) < 4.78 is 26.9. The number of pyridine rings is 1. The van der Waals surface area contributed by atoms with Crippen molar-refractivity contribution in [2.75, 3.05) is 13.7 Å². The summed E-state index contributed by atoms with van der Waals surface area (Å²) in [5.41, 5.74) is 5.22. The second-order valence-electron chi connectivity index (χ2n) is 11.8. The minimum atomic E-state index is -1.13. The Hall–Kier alpha value is -3.49. The van der Waals surface area contributed by atoms with Crippen molar-refractivity contribution in [2.24, 2.45) is 5.92 Å². The molecule has 2 aliphatic heterocycles. The lowest BCUT2D eigenvalue weighted by atomic mass is 9.90. The molecule has 0 radical (unpaired) electrons. The van der Waals surface area contributed by atoms with E-state index in [2.05, 4.69) is 16.0 Å². The highest BCUT2D eigenvalue weighted by molar-refractivity contribution is 5.71. The number of benzene rings is 2. The number of piperidine rings is 1. The number of carboxylic acids is 1. The molecule has 8 heteroatoms. The van der Waals surface area contributed by atoms with Gasteiger partial charge in [-0.25, -0.2) is 9.37 Å². The third kappa shape index (κ3) is 5.43. The second-order valence-corrected chi connectivity index (χ2v) is 11.8. The molecular formula is C33H37FN2O5. The van der Waals surface area contributed by atoms with Crippen LogP contribution in [0.5, 0.6) is 11.6 Å². The topological polar surface area (TPSA) is 92.1 Å². The van der Waals surface area contributed by atoms with Gasteiger partial charge in [0.05, 0.1) is 25.3 Å². The molecule has 3 heterocycles. The molecule has 3 atom stereocenters. The Morgan fingerprint density at radius 2 is 2.00 bits per heavy atom.